The van der Waals surface area contributed by atoms with Gasteiger partial charge in [0.05, 0.1) is 5.75 Å². The molecule has 4 nitrogen and oxygen atoms in total. The van der Waals surface area contributed by atoms with Gasteiger partial charge in [-0.1, -0.05) is 47.2 Å². The molecule has 0 fully saturated rings. The van der Waals surface area contributed by atoms with Gasteiger partial charge in [0, 0.05) is 5.69 Å². The van der Waals surface area contributed by atoms with Crippen molar-refractivity contribution in [1.29, 1.82) is 0 Å². The van der Waals surface area contributed by atoms with Crippen LogP contribution >= 0.6 is 35.3 Å². The maximum absolute atomic E-state index is 12.1. The van der Waals surface area contributed by atoms with Gasteiger partial charge in [-0.15, -0.1) is 6.42 Å². The highest BCUT2D eigenvalue weighted by atomic mass is 32.2. The van der Waals surface area contributed by atoms with Crippen molar-refractivity contribution in [3.05, 3.63) is 44.6 Å². The molecule has 1 aromatic carbocycles. The number of terminal acetylenes is 1. The number of fused-ring (bicyclic) bond motifs is 1. The second kappa shape index (κ2) is 5.85. The molecule has 0 atom stereocenters. The Kier molecular flexibility index (Phi) is 3.92. The van der Waals surface area contributed by atoms with Gasteiger partial charge in [-0.2, -0.15) is 0 Å². The molecule has 2 aromatic heterocycles. The second-order valence-electron chi connectivity index (χ2n) is 4.06. The van der Waals surface area contributed by atoms with Crippen LogP contribution in [-0.2, 0) is 0 Å². The first-order valence-corrected chi connectivity index (χ1v) is 8.19. The van der Waals surface area contributed by atoms with E-state index < -0.39 is 0 Å². The number of nitrogens with zero attached hydrogens (tertiary/aromatic N) is 2. The lowest BCUT2D eigenvalue weighted by Crippen LogP contribution is -2.09. The molecule has 0 unspecified atom stereocenters. The van der Waals surface area contributed by atoms with Crippen LogP contribution in [0, 0.1) is 16.3 Å². The number of H-pyrrole nitrogens is 1. The molecule has 0 saturated heterocycles. The number of aromatic nitrogens is 3. The van der Waals surface area contributed by atoms with E-state index in [0.29, 0.717) is 25.2 Å². The zero-order valence-corrected chi connectivity index (χ0v) is 13.1. The minimum Gasteiger partial charge on any atom is -0.300 e. The molecule has 2 heterocycles. The highest BCUT2D eigenvalue weighted by molar-refractivity contribution is 7.99. The van der Waals surface area contributed by atoms with Crippen LogP contribution in [0.25, 0.3) is 16.0 Å². The number of thiazole rings is 1. The lowest BCUT2D eigenvalue weighted by molar-refractivity contribution is 0.945. The van der Waals surface area contributed by atoms with Gasteiger partial charge in [0.15, 0.2) is 14.8 Å². The van der Waals surface area contributed by atoms with Gasteiger partial charge < -0.3 is 4.98 Å². The van der Waals surface area contributed by atoms with Crippen molar-refractivity contribution < 1.29 is 0 Å². The number of thioether (sulfide) groups is 1. The fourth-order valence-corrected chi connectivity index (χ4v) is 3.68. The van der Waals surface area contributed by atoms with E-state index in [1.165, 1.54) is 23.1 Å². The van der Waals surface area contributed by atoms with Crippen LogP contribution in [0.5, 0.6) is 0 Å². The summed E-state index contributed by atoms with van der Waals surface area (Å²) in [6.07, 6.45) is 5.24. The molecule has 7 heteroatoms. The standard InChI is InChI=1S/C14H9N3OS3/c1-2-8-20-13-15-11-10(12(18)16-13)21-14(19)17(11)9-6-4-3-5-7-9/h1,3-7H,8H2,(H,15,16,18). The van der Waals surface area contributed by atoms with Crippen molar-refractivity contribution in [2.45, 2.75) is 5.16 Å². The number of hydrogen-bond donors (Lipinski definition) is 1. The molecule has 104 valence electrons. The average Bonchev–Trinajstić information content (AvgIpc) is 2.83. The van der Waals surface area contributed by atoms with Gasteiger partial charge in [0.1, 0.15) is 4.70 Å². The molecule has 1 N–H and O–H groups in total. The number of nitrogens with one attached hydrogen (secondary N) is 1. The molecule has 3 rings (SSSR count). The molecule has 0 amide bonds. The quantitative estimate of drug-likeness (QED) is 0.346. The smallest absolute Gasteiger partial charge is 0.271 e. The van der Waals surface area contributed by atoms with Crippen LogP contribution in [-0.4, -0.2) is 20.3 Å². The molecule has 0 spiro atoms. The minimum atomic E-state index is -0.190. The van der Waals surface area contributed by atoms with E-state index in [9.17, 15) is 4.79 Å². The van der Waals surface area contributed by atoms with Gasteiger partial charge >= 0.3 is 0 Å². The normalized spacial score (nSPS) is 10.6. The van der Waals surface area contributed by atoms with Crippen LogP contribution in [0.15, 0.2) is 40.3 Å². The van der Waals surface area contributed by atoms with Crippen LogP contribution in [0.2, 0.25) is 0 Å². The van der Waals surface area contributed by atoms with Crippen molar-refractivity contribution in [3.63, 3.8) is 0 Å². The van der Waals surface area contributed by atoms with Crippen LogP contribution in [0.4, 0.5) is 0 Å². The number of rotatable bonds is 3. The monoisotopic (exact) mass is 331 g/mol. The molecule has 0 aliphatic carbocycles. The SMILES string of the molecule is C#CCSc1nc2c(sc(=S)n2-c2ccccc2)c(=O)[nH]1. The first-order chi connectivity index (χ1) is 10.2. The Morgan fingerprint density at radius 2 is 2.19 bits per heavy atom. The third-order valence-electron chi connectivity index (χ3n) is 2.73. The average molecular weight is 331 g/mol. The van der Waals surface area contributed by atoms with E-state index in [0.717, 1.165) is 5.69 Å². The van der Waals surface area contributed by atoms with E-state index >= 15 is 0 Å². The minimum absolute atomic E-state index is 0.190. The van der Waals surface area contributed by atoms with Crippen LogP contribution in [0.3, 0.4) is 0 Å². The summed E-state index contributed by atoms with van der Waals surface area (Å²) < 4.78 is 2.92. The fourth-order valence-electron chi connectivity index (χ4n) is 1.88. The largest absolute Gasteiger partial charge is 0.300 e. The summed E-state index contributed by atoms with van der Waals surface area (Å²) in [7, 11) is 0. The predicted molar refractivity (Wildman–Crippen MR) is 90.0 cm³/mol. The maximum Gasteiger partial charge on any atom is 0.271 e. The van der Waals surface area contributed by atoms with E-state index in [1.54, 1.807) is 0 Å². The summed E-state index contributed by atoms with van der Waals surface area (Å²) in [5.41, 5.74) is 1.27. The Morgan fingerprint density at radius 1 is 1.43 bits per heavy atom. The second-order valence-corrected chi connectivity index (χ2v) is 6.66. The first-order valence-electron chi connectivity index (χ1n) is 5.98. The lowest BCUT2D eigenvalue weighted by atomic mass is 10.3. The molecule has 3 aromatic rings. The molecular weight excluding hydrogens is 322 g/mol. The van der Waals surface area contributed by atoms with Gasteiger partial charge in [-0.3, -0.25) is 9.36 Å². The van der Waals surface area contributed by atoms with E-state index in [4.69, 9.17) is 18.6 Å². The highest BCUT2D eigenvalue weighted by Crippen LogP contribution is 2.24. The zero-order chi connectivity index (χ0) is 14.8. The Labute approximate surface area is 133 Å². The summed E-state index contributed by atoms with van der Waals surface area (Å²) in [5, 5.41) is 0.503. The molecule has 0 aliphatic heterocycles. The van der Waals surface area contributed by atoms with E-state index in [-0.39, 0.29) is 5.56 Å². The Hall–Kier alpha value is -1.88. The molecule has 0 aliphatic rings. The topological polar surface area (TPSA) is 50.7 Å². The number of hydrogen-bond acceptors (Lipinski definition) is 5. The third-order valence-corrected chi connectivity index (χ3v) is 4.87. The van der Waals surface area contributed by atoms with Crippen molar-refractivity contribution in [2.75, 3.05) is 5.75 Å². The van der Waals surface area contributed by atoms with Crippen molar-refractivity contribution in [1.82, 2.24) is 14.5 Å². The Bertz CT molecular complexity index is 947. The highest BCUT2D eigenvalue weighted by Gasteiger charge is 2.13. The van der Waals surface area contributed by atoms with Gasteiger partial charge in [-0.05, 0) is 24.4 Å². The number of benzene rings is 1. The fraction of sp³-hybridized carbons (Fsp3) is 0.0714. The van der Waals surface area contributed by atoms with Crippen molar-refractivity contribution in [2.24, 2.45) is 0 Å². The van der Waals surface area contributed by atoms with Crippen LogP contribution < -0.4 is 5.56 Å². The van der Waals surface area contributed by atoms with Gasteiger partial charge in [0.2, 0.25) is 0 Å². The van der Waals surface area contributed by atoms with E-state index in [2.05, 4.69) is 15.9 Å². The van der Waals surface area contributed by atoms with Gasteiger partial charge in [0.25, 0.3) is 5.56 Å². The number of aromatic amines is 1. The lowest BCUT2D eigenvalue weighted by Gasteiger charge is -2.04. The Morgan fingerprint density at radius 3 is 2.90 bits per heavy atom. The van der Waals surface area contributed by atoms with Crippen molar-refractivity contribution >= 4 is 45.7 Å². The summed E-state index contributed by atoms with van der Waals surface area (Å²) in [4.78, 5) is 19.4. The number of para-hydroxylation sites is 1. The third kappa shape index (κ3) is 2.65. The molecule has 21 heavy (non-hydrogen) atoms. The molecule has 0 radical (unpaired) electrons. The molecular formula is C14H9N3OS3. The predicted octanol–water partition coefficient (Wildman–Crippen LogP) is 3.23. The first kappa shape index (κ1) is 14.1. The summed E-state index contributed by atoms with van der Waals surface area (Å²) in [5.74, 6) is 2.96. The molecule has 0 bridgehead atoms. The Balaban J connectivity index is 2.28. The zero-order valence-electron chi connectivity index (χ0n) is 10.7. The summed E-state index contributed by atoms with van der Waals surface area (Å²) in [6, 6.07) is 9.62. The van der Waals surface area contributed by atoms with E-state index in [1.807, 2.05) is 34.9 Å². The summed E-state index contributed by atoms with van der Waals surface area (Å²) in [6.45, 7) is 0. The summed E-state index contributed by atoms with van der Waals surface area (Å²) >= 11 is 7.95. The van der Waals surface area contributed by atoms with Crippen molar-refractivity contribution in [3.8, 4) is 18.0 Å². The molecule has 0 saturated carbocycles. The maximum atomic E-state index is 12.1. The van der Waals surface area contributed by atoms with Gasteiger partial charge in [-0.25, -0.2) is 4.98 Å². The van der Waals surface area contributed by atoms with Crippen LogP contribution in [0.1, 0.15) is 0 Å².